The van der Waals surface area contributed by atoms with Crippen molar-refractivity contribution in [2.24, 2.45) is 5.14 Å². The Kier molecular flexibility index (Phi) is 5.71. The van der Waals surface area contributed by atoms with Crippen molar-refractivity contribution >= 4 is 21.6 Å². The first-order valence-corrected chi connectivity index (χ1v) is 9.08. The van der Waals surface area contributed by atoms with Crippen LogP contribution in [0.2, 0.25) is 0 Å². The first-order valence-electron chi connectivity index (χ1n) is 7.53. The minimum absolute atomic E-state index is 0.0272. The van der Waals surface area contributed by atoms with Gasteiger partial charge in [-0.2, -0.15) is 0 Å². The van der Waals surface area contributed by atoms with Crippen LogP contribution in [0.15, 0.2) is 53.4 Å². The molecule has 4 N–H and O–H groups in total. The molecule has 0 aliphatic carbocycles. The number of primary sulfonamides is 1. The summed E-state index contributed by atoms with van der Waals surface area (Å²) in [5.74, 6) is -0.189. The van der Waals surface area contributed by atoms with Gasteiger partial charge in [0.15, 0.2) is 6.54 Å². The minimum atomic E-state index is -3.78. The van der Waals surface area contributed by atoms with Crippen molar-refractivity contribution in [3.05, 3.63) is 59.7 Å². The van der Waals surface area contributed by atoms with Crippen LogP contribution in [0.3, 0.4) is 0 Å². The predicted molar refractivity (Wildman–Crippen MR) is 93.1 cm³/mol. The molecular formula is C17H22N3O3S+. The third kappa shape index (κ3) is 5.45. The summed E-state index contributed by atoms with van der Waals surface area (Å²) in [6, 6.07) is 14.1. The van der Waals surface area contributed by atoms with Crippen molar-refractivity contribution in [2.45, 2.75) is 18.4 Å². The molecule has 0 aliphatic rings. The monoisotopic (exact) mass is 348 g/mol. The van der Waals surface area contributed by atoms with E-state index in [4.69, 9.17) is 5.14 Å². The molecule has 0 radical (unpaired) electrons. The summed E-state index contributed by atoms with van der Waals surface area (Å²) in [6.45, 7) is 3.03. The number of nitrogens with two attached hydrogens (primary N) is 1. The molecule has 1 unspecified atom stereocenters. The third-order valence-corrected chi connectivity index (χ3v) is 4.45. The molecule has 1 atom stereocenters. The van der Waals surface area contributed by atoms with Crippen molar-refractivity contribution in [3.63, 3.8) is 0 Å². The Hall–Kier alpha value is -2.22. The van der Waals surface area contributed by atoms with E-state index in [0.29, 0.717) is 5.69 Å². The Morgan fingerprint density at radius 2 is 1.83 bits per heavy atom. The Balaban J connectivity index is 1.94. The Morgan fingerprint density at radius 1 is 1.17 bits per heavy atom. The van der Waals surface area contributed by atoms with Crippen LogP contribution >= 0.6 is 0 Å². The molecule has 0 spiro atoms. The van der Waals surface area contributed by atoms with Crippen molar-refractivity contribution < 1.29 is 18.1 Å². The summed E-state index contributed by atoms with van der Waals surface area (Å²) in [6.07, 6.45) is 0. The zero-order chi connectivity index (χ0) is 17.7. The van der Waals surface area contributed by atoms with Gasteiger partial charge in [-0.05, 0) is 25.1 Å². The van der Waals surface area contributed by atoms with Crippen molar-refractivity contribution in [1.82, 2.24) is 0 Å². The van der Waals surface area contributed by atoms with Crippen LogP contribution in [0, 0.1) is 6.92 Å². The summed E-state index contributed by atoms with van der Waals surface area (Å²) in [4.78, 5) is 13.1. The molecule has 0 aliphatic heterocycles. The SMILES string of the molecule is Cc1ccc(C[NH+](C)CC(=O)Nc2cccc(S(N)(=O)=O)c2)cc1. The highest BCUT2D eigenvalue weighted by Crippen LogP contribution is 2.13. The van der Waals surface area contributed by atoms with Gasteiger partial charge in [-0.1, -0.05) is 35.9 Å². The van der Waals surface area contributed by atoms with Crippen LogP contribution in [0.1, 0.15) is 11.1 Å². The number of hydrogen-bond donors (Lipinski definition) is 3. The van der Waals surface area contributed by atoms with Crippen molar-refractivity contribution in [1.29, 1.82) is 0 Å². The van der Waals surface area contributed by atoms with E-state index < -0.39 is 10.0 Å². The van der Waals surface area contributed by atoms with Crippen LogP contribution in [-0.4, -0.2) is 27.9 Å². The maximum absolute atomic E-state index is 12.1. The molecule has 7 heteroatoms. The van der Waals surface area contributed by atoms with E-state index in [1.165, 1.54) is 23.8 Å². The largest absolute Gasteiger partial charge is 0.326 e. The second-order valence-corrected chi connectivity index (χ2v) is 7.48. The van der Waals surface area contributed by atoms with Gasteiger partial charge >= 0.3 is 0 Å². The van der Waals surface area contributed by atoms with Crippen LogP contribution in [0.4, 0.5) is 5.69 Å². The summed E-state index contributed by atoms with van der Waals surface area (Å²) in [5, 5.41) is 7.79. The highest BCUT2D eigenvalue weighted by molar-refractivity contribution is 7.89. The number of amides is 1. The van der Waals surface area contributed by atoms with E-state index in [9.17, 15) is 13.2 Å². The summed E-state index contributed by atoms with van der Waals surface area (Å²) >= 11 is 0. The van der Waals surface area contributed by atoms with Crippen LogP contribution in [0.5, 0.6) is 0 Å². The number of sulfonamides is 1. The molecule has 6 nitrogen and oxygen atoms in total. The number of likely N-dealkylation sites (N-methyl/N-ethyl adjacent to an activating group) is 1. The standard InChI is InChI=1S/C17H21N3O3S/c1-13-6-8-14(9-7-13)11-20(2)12-17(21)19-15-4-3-5-16(10-15)24(18,22)23/h3-10H,11-12H2,1-2H3,(H,19,21)(H2,18,22,23)/p+1. The number of quaternary nitrogens is 1. The van der Waals surface area contributed by atoms with Crippen molar-refractivity contribution in [2.75, 3.05) is 18.9 Å². The number of aryl methyl sites for hydroxylation is 1. The maximum Gasteiger partial charge on any atom is 0.279 e. The first kappa shape index (κ1) is 18.1. The van der Waals surface area contributed by atoms with E-state index in [1.54, 1.807) is 6.07 Å². The van der Waals surface area contributed by atoms with Gasteiger partial charge in [0, 0.05) is 11.3 Å². The number of nitrogens with one attached hydrogen (secondary N) is 2. The molecule has 0 aromatic heterocycles. The molecule has 0 saturated carbocycles. The van der Waals surface area contributed by atoms with Crippen LogP contribution in [-0.2, 0) is 21.4 Å². The predicted octanol–water partition coefficient (Wildman–Crippen LogP) is 0.296. The average Bonchev–Trinajstić information content (AvgIpc) is 2.49. The lowest BCUT2D eigenvalue weighted by Crippen LogP contribution is -3.08. The van der Waals surface area contributed by atoms with Crippen LogP contribution in [0.25, 0.3) is 0 Å². The molecule has 24 heavy (non-hydrogen) atoms. The number of carbonyl (C=O) groups excluding carboxylic acids is 1. The second kappa shape index (κ2) is 7.57. The molecule has 0 fully saturated rings. The van der Waals surface area contributed by atoms with Gasteiger partial charge in [0.1, 0.15) is 6.54 Å². The lowest BCUT2D eigenvalue weighted by atomic mass is 10.1. The van der Waals surface area contributed by atoms with Gasteiger partial charge in [-0.15, -0.1) is 0 Å². The first-order chi connectivity index (χ1) is 11.2. The lowest BCUT2D eigenvalue weighted by Gasteiger charge is -2.14. The number of anilines is 1. The highest BCUT2D eigenvalue weighted by atomic mass is 32.2. The average molecular weight is 348 g/mol. The van der Waals surface area contributed by atoms with Gasteiger partial charge in [-0.3, -0.25) is 4.79 Å². The molecular weight excluding hydrogens is 326 g/mol. The molecule has 0 bridgehead atoms. The lowest BCUT2D eigenvalue weighted by molar-refractivity contribution is -0.885. The van der Waals surface area contributed by atoms with E-state index >= 15 is 0 Å². The zero-order valence-electron chi connectivity index (χ0n) is 13.7. The Morgan fingerprint density at radius 3 is 2.46 bits per heavy atom. The quantitative estimate of drug-likeness (QED) is 0.701. The fourth-order valence-corrected chi connectivity index (χ4v) is 2.91. The van der Waals surface area contributed by atoms with Gasteiger partial charge in [-0.25, -0.2) is 13.6 Å². The van der Waals surface area contributed by atoms with E-state index in [1.807, 2.05) is 38.2 Å². The fourth-order valence-electron chi connectivity index (χ4n) is 2.35. The summed E-state index contributed by atoms with van der Waals surface area (Å²) in [7, 11) is -1.85. The zero-order valence-corrected chi connectivity index (χ0v) is 14.6. The van der Waals surface area contributed by atoms with E-state index in [-0.39, 0.29) is 17.3 Å². The third-order valence-electron chi connectivity index (χ3n) is 3.54. The van der Waals surface area contributed by atoms with Gasteiger partial charge in [0.05, 0.1) is 11.9 Å². The number of benzene rings is 2. The molecule has 2 aromatic carbocycles. The number of carbonyl (C=O) groups is 1. The normalized spacial score (nSPS) is 12.6. The van der Waals surface area contributed by atoms with E-state index in [2.05, 4.69) is 5.32 Å². The number of rotatable bonds is 6. The smallest absolute Gasteiger partial charge is 0.279 e. The van der Waals surface area contributed by atoms with Crippen LogP contribution < -0.4 is 15.4 Å². The van der Waals surface area contributed by atoms with E-state index in [0.717, 1.165) is 17.0 Å². The topological polar surface area (TPSA) is 93.7 Å². The highest BCUT2D eigenvalue weighted by Gasteiger charge is 2.13. The maximum atomic E-state index is 12.1. The second-order valence-electron chi connectivity index (χ2n) is 5.92. The van der Waals surface area contributed by atoms with Gasteiger partial charge in [0.25, 0.3) is 5.91 Å². The van der Waals surface area contributed by atoms with Crippen molar-refractivity contribution in [3.8, 4) is 0 Å². The van der Waals surface area contributed by atoms with Gasteiger partial charge in [0.2, 0.25) is 10.0 Å². The fraction of sp³-hybridized carbons (Fsp3) is 0.235. The minimum Gasteiger partial charge on any atom is -0.326 e. The molecule has 2 rings (SSSR count). The Labute approximate surface area is 142 Å². The molecule has 0 heterocycles. The summed E-state index contributed by atoms with van der Waals surface area (Å²) < 4.78 is 22.7. The molecule has 0 saturated heterocycles. The Bertz CT molecular complexity index is 817. The van der Waals surface area contributed by atoms with Gasteiger partial charge < -0.3 is 10.2 Å². The molecule has 128 valence electrons. The number of hydrogen-bond acceptors (Lipinski definition) is 3. The molecule has 1 amide bonds. The molecule has 2 aromatic rings. The summed E-state index contributed by atoms with van der Waals surface area (Å²) in [5.41, 5.74) is 2.76.